The Morgan fingerprint density at radius 3 is 2.58 bits per heavy atom. The molecule has 2 fully saturated rings. The maximum Gasteiger partial charge on any atom is 0.344 e. The number of H-pyrrole nitrogens is 1. The summed E-state index contributed by atoms with van der Waals surface area (Å²) in [5.41, 5.74) is -3.51. The van der Waals surface area contributed by atoms with E-state index in [1.165, 1.54) is 20.1 Å². The first-order valence-electron chi connectivity index (χ1n) is 20.0. The number of carbonyl (C=O) groups is 4. The van der Waals surface area contributed by atoms with Crippen LogP contribution in [0.1, 0.15) is 75.3 Å². The Morgan fingerprint density at radius 2 is 1.89 bits per heavy atom. The number of carboxylic acids is 1. The number of hydrogen-bond acceptors (Lipinski definition) is 11. The third-order valence-corrected chi connectivity index (χ3v) is 14.2. The molecule has 57 heavy (non-hydrogen) atoms. The number of phenolic OH excluding ortho intramolecular Hbond substituents is 1. The minimum atomic E-state index is -2.41. The molecule has 5 aliphatic rings. The molecule has 1 spiro atoms. The number of nitrogens with zero attached hydrogens (tertiary/aromatic N) is 2. The number of aliphatic hydroxyl groups is 2. The molecule has 1 amide bonds. The molecule has 304 valence electrons. The van der Waals surface area contributed by atoms with Gasteiger partial charge in [-0.25, -0.2) is 4.79 Å². The summed E-state index contributed by atoms with van der Waals surface area (Å²) in [6.07, 6.45) is 4.32. The lowest BCUT2D eigenvalue weighted by molar-refractivity contribution is -0.226. The van der Waals surface area contributed by atoms with Crippen LogP contribution in [-0.2, 0) is 45.9 Å². The molecule has 1 aromatic heterocycles. The highest BCUT2D eigenvalue weighted by molar-refractivity contribution is 5.94. The Morgan fingerprint density at radius 1 is 1.12 bits per heavy atom. The number of aromatic amines is 1. The Hall–Kier alpha value is -4.92. The van der Waals surface area contributed by atoms with Gasteiger partial charge in [0.15, 0.2) is 6.10 Å². The zero-order valence-electron chi connectivity index (χ0n) is 32.8. The van der Waals surface area contributed by atoms with Crippen molar-refractivity contribution < 1.29 is 49.1 Å². The topological polar surface area (TPSA) is 202 Å². The molecule has 5 heterocycles. The number of aromatic nitrogens is 1. The summed E-state index contributed by atoms with van der Waals surface area (Å²) in [6.45, 7) is 6.66. The van der Waals surface area contributed by atoms with Crippen LogP contribution in [-0.4, -0.2) is 123 Å². The van der Waals surface area contributed by atoms with Crippen LogP contribution in [0.3, 0.4) is 0 Å². The highest BCUT2D eigenvalue weighted by Gasteiger charge is 2.79. The van der Waals surface area contributed by atoms with E-state index in [1.807, 2.05) is 50.3 Å². The zero-order chi connectivity index (χ0) is 40.7. The first-order chi connectivity index (χ1) is 27.3. The smallest absolute Gasteiger partial charge is 0.344 e. The van der Waals surface area contributed by atoms with Crippen molar-refractivity contribution in [3.63, 3.8) is 0 Å². The van der Waals surface area contributed by atoms with Gasteiger partial charge >= 0.3 is 17.9 Å². The number of aliphatic carboxylic acids is 1. The second kappa shape index (κ2) is 13.9. The Balaban J connectivity index is 1.42. The van der Waals surface area contributed by atoms with Gasteiger partial charge in [0.2, 0.25) is 12.0 Å². The molecular weight excluding hydrogens is 732 g/mol. The van der Waals surface area contributed by atoms with Gasteiger partial charge in [0, 0.05) is 77.3 Å². The highest BCUT2D eigenvalue weighted by atomic mass is 16.6. The lowest BCUT2D eigenvalue weighted by atomic mass is 9.47. The number of methoxy groups -OCH3 is 1. The molecule has 14 heteroatoms. The van der Waals surface area contributed by atoms with Gasteiger partial charge in [0.25, 0.3) is 0 Å². The molecule has 0 radical (unpaired) electrons. The van der Waals surface area contributed by atoms with Crippen molar-refractivity contribution in [1.82, 2.24) is 14.8 Å². The lowest BCUT2D eigenvalue weighted by Crippen LogP contribution is -2.80. The average molecular weight is 785 g/mol. The van der Waals surface area contributed by atoms with Crippen molar-refractivity contribution >= 4 is 40.9 Å². The van der Waals surface area contributed by atoms with Crippen molar-refractivity contribution in [3.05, 3.63) is 70.9 Å². The van der Waals surface area contributed by atoms with E-state index in [9.17, 15) is 39.6 Å². The molecule has 4 aliphatic heterocycles. The fourth-order valence-electron chi connectivity index (χ4n) is 11.9. The summed E-state index contributed by atoms with van der Waals surface area (Å²) in [4.78, 5) is 61.2. The number of amides is 1. The molecule has 3 aromatic rings. The maximum atomic E-state index is 14.5. The highest BCUT2D eigenvalue weighted by Crippen LogP contribution is 2.67. The summed E-state index contributed by atoms with van der Waals surface area (Å²) in [6, 6.07) is 9.22. The molecule has 6 N–H and O–H groups in total. The van der Waals surface area contributed by atoms with Gasteiger partial charge in [-0.15, -0.1) is 0 Å². The summed E-state index contributed by atoms with van der Waals surface area (Å²) in [5, 5.41) is 52.3. The molecular formula is C43H52N4O10. The van der Waals surface area contributed by atoms with E-state index < -0.39 is 70.0 Å². The van der Waals surface area contributed by atoms with Gasteiger partial charge in [-0.2, -0.15) is 0 Å². The summed E-state index contributed by atoms with van der Waals surface area (Å²) in [5.74, 6) is -3.69. The van der Waals surface area contributed by atoms with Gasteiger partial charge in [-0.1, -0.05) is 44.2 Å². The number of carbonyl (C=O) groups excluding carboxylic acids is 3. The third kappa shape index (κ3) is 5.32. The molecule has 2 aromatic carbocycles. The number of fused-ring (bicyclic) bond motifs is 4. The van der Waals surface area contributed by atoms with E-state index in [2.05, 4.69) is 15.2 Å². The van der Waals surface area contributed by atoms with E-state index in [1.54, 1.807) is 11.0 Å². The fraction of sp³-hybridized carbons (Fsp3) is 0.535. The number of phenols is 1. The van der Waals surface area contributed by atoms with Gasteiger partial charge in [-0.3, -0.25) is 19.3 Å². The molecule has 0 bridgehead atoms. The van der Waals surface area contributed by atoms with E-state index in [-0.39, 0.29) is 30.7 Å². The SMILES string of the molecule is CCC(O)C[C@H]1CN(C=O)CCc2c([nH]c3ccccc23)[C@@](C(=O)O)(c2cc3c(cc2O)N[C@H]2[C@@](O)(C(=O)OC)[C@H](OC(C)=O)[C@]4(CC)C=CCN5CC[C@]32[C@H]54)C1. The lowest BCUT2D eigenvalue weighted by Gasteiger charge is -2.62. The molecule has 8 rings (SSSR count). The predicted molar refractivity (Wildman–Crippen MR) is 209 cm³/mol. The standard InChI is InChI=1S/C43H52N4O10/c1-5-26(50)18-25-21-42(38(52)53,34-28(12-16-46(22-25)23-48)27-10-7-8-11-31(27)44-34)30-19-29-32(20-33(30)51)45-35-41(29)14-17-47-15-9-13-40(6-2,36(41)47)37(57-24(3)49)43(35,55)39(54)56-4/h7-11,13,19-20,23,25-26,35-37,44-45,50-51,55H,5-6,12,14-18,21-22H2,1-4H3,(H,52,53)/t25-,26?,35-,36-,37-,40-,41+,42+,43+/m1/s1. The third-order valence-electron chi connectivity index (χ3n) is 14.2. The number of nitrogens with one attached hydrogen (secondary N) is 2. The van der Waals surface area contributed by atoms with Crippen molar-refractivity contribution in [2.75, 3.05) is 38.6 Å². The number of hydrogen-bond donors (Lipinski definition) is 6. The Labute approximate surface area is 330 Å². The van der Waals surface area contributed by atoms with E-state index >= 15 is 0 Å². The molecule has 14 nitrogen and oxygen atoms in total. The predicted octanol–water partition coefficient (Wildman–Crippen LogP) is 3.35. The van der Waals surface area contributed by atoms with Gasteiger partial charge < -0.3 is 45.1 Å². The minimum Gasteiger partial charge on any atom is -0.508 e. The second-order valence-corrected chi connectivity index (χ2v) is 16.8. The number of aromatic hydroxyl groups is 1. The minimum absolute atomic E-state index is 0.0719. The van der Waals surface area contributed by atoms with E-state index in [0.717, 1.165) is 11.8 Å². The van der Waals surface area contributed by atoms with Crippen molar-refractivity contribution in [1.29, 1.82) is 0 Å². The van der Waals surface area contributed by atoms with Crippen molar-refractivity contribution in [3.8, 4) is 5.75 Å². The Kier molecular flexibility index (Phi) is 9.48. The molecule has 9 atom stereocenters. The number of carboxylic acid groups (broad SMARTS) is 1. The first-order valence-corrected chi connectivity index (χ1v) is 20.0. The number of benzene rings is 2. The monoisotopic (exact) mass is 784 g/mol. The largest absolute Gasteiger partial charge is 0.508 e. The summed E-state index contributed by atoms with van der Waals surface area (Å²) in [7, 11) is 1.18. The normalized spacial score (nSPS) is 33.4. The quantitative estimate of drug-likeness (QED) is 0.105. The number of esters is 2. The number of aliphatic hydroxyl groups excluding tert-OH is 1. The maximum absolute atomic E-state index is 14.5. The number of rotatable bonds is 9. The molecule has 1 aliphatic carbocycles. The van der Waals surface area contributed by atoms with Crippen molar-refractivity contribution in [2.45, 2.75) is 100 Å². The second-order valence-electron chi connectivity index (χ2n) is 16.8. The molecule has 1 unspecified atom stereocenters. The van der Waals surface area contributed by atoms with Crippen molar-refractivity contribution in [2.24, 2.45) is 11.3 Å². The Bertz CT molecular complexity index is 2170. The number of ether oxygens (including phenoxy) is 2. The summed E-state index contributed by atoms with van der Waals surface area (Å²) >= 11 is 0. The average Bonchev–Trinajstić information content (AvgIpc) is 3.89. The van der Waals surface area contributed by atoms with Gasteiger partial charge in [0.1, 0.15) is 11.2 Å². The molecule has 1 saturated carbocycles. The van der Waals surface area contributed by atoms with Crippen LogP contribution >= 0.6 is 0 Å². The van der Waals surface area contributed by atoms with Crippen LogP contribution in [0.15, 0.2) is 48.6 Å². The fourth-order valence-corrected chi connectivity index (χ4v) is 11.9. The van der Waals surface area contributed by atoms with E-state index in [4.69, 9.17) is 9.47 Å². The van der Waals surface area contributed by atoms with E-state index in [0.29, 0.717) is 73.3 Å². The van der Waals surface area contributed by atoms with Gasteiger partial charge in [-0.05, 0) is 74.2 Å². The number of para-hydroxylation sites is 1. The van der Waals surface area contributed by atoms with Crippen LogP contribution in [0.4, 0.5) is 5.69 Å². The van der Waals surface area contributed by atoms with Gasteiger partial charge in [0.05, 0.1) is 19.3 Å². The van der Waals surface area contributed by atoms with Crippen LogP contribution in [0.25, 0.3) is 10.9 Å². The van der Waals surface area contributed by atoms with Crippen LogP contribution in [0.2, 0.25) is 0 Å². The van der Waals surface area contributed by atoms with Crippen LogP contribution in [0.5, 0.6) is 5.75 Å². The first kappa shape index (κ1) is 38.9. The summed E-state index contributed by atoms with van der Waals surface area (Å²) < 4.78 is 11.3. The van der Waals surface area contributed by atoms with Crippen LogP contribution < -0.4 is 5.32 Å². The number of anilines is 1. The van der Waals surface area contributed by atoms with Crippen LogP contribution in [0, 0.1) is 11.3 Å². The molecule has 1 saturated heterocycles. The zero-order valence-corrected chi connectivity index (χ0v) is 32.8.